The molecule has 1 aromatic heterocycles. The van der Waals surface area contributed by atoms with Gasteiger partial charge in [-0.2, -0.15) is 13.5 Å². The Kier molecular flexibility index (Phi) is 8.45. The Balaban J connectivity index is 1.68. The molecule has 0 saturated heterocycles. The number of ether oxygens (including phenoxy) is 3. The quantitative estimate of drug-likeness (QED) is 0.126. The fourth-order valence-electron chi connectivity index (χ4n) is 3.56. The molecular formula is C26H21Cl2F2NO6. The Hall–Kier alpha value is -3.43. The lowest BCUT2D eigenvalue weighted by Gasteiger charge is -2.21. The SMILES string of the molecule is O=Cc1ccc(C(=O)O[C@@H](Cc2c(Cl)c[n+]([O-])cc2Cl)c2ccc(OC(F)F)c(OCC3CC3)c2)cc1. The summed E-state index contributed by atoms with van der Waals surface area (Å²) >= 11 is 12.5. The van der Waals surface area contributed by atoms with E-state index in [1.807, 2.05) is 0 Å². The smallest absolute Gasteiger partial charge is 0.387 e. The Labute approximate surface area is 221 Å². The maximum atomic E-state index is 13.0. The van der Waals surface area contributed by atoms with Crippen LogP contribution < -0.4 is 14.2 Å². The maximum absolute atomic E-state index is 13.0. The second-order valence-corrected chi connectivity index (χ2v) is 9.28. The van der Waals surface area contributed by atoms with Crippen molar-refractivity contribution in [2.75, 3.05) is 6.61 Å². The molecule has 0 amide bonds. The first-order valence-corrected chi connectivity index (χ1v) is 12.0. The third-order valence-corrected chi connectivity index (χ3v) is 6.36. The van der Waals surface area contributed by atoms with Crippen LogP contribution in [0.5, 0.6) is 11.5 Å². The highest BCUT2D eigenvalue weighted by Crippen LogP contribution is 2.38. The fourth-order valence-corrected chi connectivity index (χ4v) is 4.16. The van der Waals surface area contributed by atoms with E-state index in [2.05, 4.69) is 4.74 Å². The summed E-state index contributed by atoms with van der Waals surface area (Å²) in [5.74, 6) is -0.453. The number of nitrogens with zero attached hydrogens (tertiary/aromatic N) is 1. The predicted molar refractivity (Wildman–Crippen MR) is 130 cm³/mol. The summed E-state index contributed by atoms with van der Waals surface area (Å²) in [6, 6.07) is 10.1. The predicted octanol–water partition coefficient (Wildman–Crippen LogP) is 5.97. The Morgan fingerprint density at radius 1 is 1.08 bits per heavy atom. The van der Waals surface area contributed by atoms with Crippen molar-refractivity contribution in [1.29, 1.82) is 0 Å². The molecule has 0 aliphatic heterocycles. The highest BCUT2D eigenvalue weighted by Gasteiger charge is 2.26. The lowest BCUT2D eigenvalue weighted by Crippen LogP contribution is -2.25. The van der Waals surface area contributed by atoms with E-state index in [1.165, 1.54) is 42.5 Å². The molecule has 0 unspecified atom stereocenters. The van der Waals surface area contributed by atoms with Gasteiger partial charge in [-0.1, -0.05) is 41.4 Å². The zero-order chi connectivity index (χ0) is 26.5. The minimum absolute atomic E-state index is 0.0339. The monoisotopic (exact) mass is 551 g/mol. The number of halogens is 4. The first kappa shape index (κ1) is 26.6. The topological polar surface area (TPSA) is 88.8 Å². The van der Waals surface area contributed by atoms with Crippen LogP contribution >= 0.6 is 23.2 Å². The van der Waals surface area contributed by atoms with E-state index in [0.717, 1.165) is 25.2 Å². The van der Waals surface area contributed by atoms with E-state index in [4.69, 9.17) is 32.7 Å². The molecule has 4 rings (SSSR count). The Morgan fingerprint density at radius 3 is 2.35 bits per heavy atom. The minimum Gasteiger partial charge on any atom is -0.619 e. The van der Waals surface area contributed by atoms with Gasteiger partial charge in [0.2, 0.25) is 0 Å². The van der Waals surface area contributed by atoms with Crippen molar-refractivity contribution < 1.29 is 37.3 Å². The number of carbonyl (C=O) groups is 2. The van der Waals surface area contributed by atoms with E-state index < -0.39 is 18.7 Å². The van der Waals surface area contributed by atoms with Crippen LogP contribution in [0.1, 0.15) is 50.8 Å². The summed E-state index contributed by atoms with van der Waals surface area (Å²) in [6.07, 6.45) is 3.81. The molecule has 0 bridgehead atoms. The second kappa shape index (κ2) is 11.7. The molecule has 37 heavy (non-hydrogen) atoms. The van der Waals surface area contributed by atoms with E-state index in [0.29, 0.717) is 40.2 Å². The molecule has 1 atom stereocenters. The van der Waals surface area contributed by atoms with Crippen LogP contribution in [0.15, 0.2) is 54.9 Å². The van der Waals surface area contributed by atoms with Gasteiger partial charge < -0.3 is 19.4 Å². The molecular weight excluding hydrogens is 531 g/mol. The van der Waals surface area contributed by atoms with Crippen molar-refractivity contribution in [3.63, 3.8) is 0 Å². The molecule has 1 heterocycles. The number of pyridine rings is 1. The molecule has 1 saturated carbocycles. The zero-order valence-corrected chi connectivity index (χ0v) is 20.8. The molecule has 194 valence electrons. The zero-order valence-electron chi connectivity index (χ0n) is 19.2. The number of hydrogen-bond acceptors (Lipinski definition) is 6. The van der Waals surface area contributed by atoms with Crippen LogP contribution in [-0.2, 0) is 11.2 Å². The molecule has 7 nitrogen and oxygen atoms in total. The summed E-state index contributed by atoms with van der Waals surface area (Å²) in [7, 11) is 0. The number of rotatable bonds is 11. The van der Waals surface area contributed by atoms with Crippen molar-refractivity contribution in [3.05, 3.63) is 92.4 Å². The number of benzene rings is 2. The van der Waals surface area contributed by atoms with Gasteiger partial charge in [-0.3, -0.25) is 4.79 Å². The third kappa shape index (κ3) is 7.08. The summed E-state index contributed by atoms with van der Waals surface area (Å²) < 4.78 is 42.5. The summed E-state index contributed by atoms with van der Waals surface area (Å²) in [5.41, 5.74) is 1.31. The first-order chi connectivity index (χ1) is 17.7. The van der Waals surface area contributed by atoms with Gasteiger partial charge in [0.1, 0.15) is 22.4 Å². The highest BCUT2D eigenvalue weighted by atomic mass is 35.5. The normalized spacial score (nSPS) is 13.8. The third-order valence-electron chi connectivity index (χ3n) is 5.71. The lowest BCUT2D eigenvalue weighted by atomic mass is 10.0. The van der Waals surface area contributed by atoms with Gasteiger partial charge in [-0.25, -0.2) is 4.79 Å². The first-order valence-electron chi connectivity index (χ1n) is 11.3. The number of hydrogen-bond donors (Lipinski definition) is 0. The molecule has 1 aliphatic rings. The molecule has 3 aromatic rings. The van der Waals surface area contributed by atoms with Crippen LogP contribution in [-0.4, -0.2) is 25.5 Å². The highest BCUT2D eigenvalue weighted by molar-refractivity contribution is 6.35. The van der Waals surface area contributed by atoms with Crippen LogP contribution in [0.3, 0.4) is 0 Å². The fraction of sp³-hybridized carbons (Fsp3) is 0.269. The van der Waals surface area contributed by atoms with Crippen LogP contribution in [0.2, 0.25) is 10.0 Å². The minimum atomic E-state index is -3.06. The van der Waals surface area contributed by atoms with Crippen molar-refractivity contribution in [2.24, 2.45) is 5.92 Å². The lowest BCUT2D eigenvalue weighted by molar-refractivity contribution is -0.605. The van der Waals surface area contributed by atoms with Crippen molar-refractivity contribution in [1.82, 2.24) is 0 Å². The van der Waals surface area contributed by atoms with Gasteiger partial charge >= 0.3 is 12.6 Å². The number of aromatic nitrogens is 1. The van der Waals surface area contributed by atoms with Crippen LogP contribution in [0.25, 0.3) is 0 Å². The maximum Gasteiger partial charge on any atom is 0.387 e. The Bertz CT molecular complexity index is 1260. The van der Waals surface area contributed by atoms with E-state index in [1.54, 1.807) is 0 Å². The van der Waals surface area contributed by atoms with E-state index >= 15 is 0 Å². The summed E-state index contributed by atoms with van der Waals surface area (Å²) in [5, 5.41) is 11.8. The average molecular weight is 552 g/mol. The standard InChI is InChI=1S/C26H21Cl2F2NO6/c27-20-11-31(34)12-21(28)19(20)10-23(36-25(33)17-5-3-15(13-32)4-6-17)18-7-8-22(37-26(29)30)24(9-18)35-14-16-1-2-16/h3-9,11-13,16,23,26H,1-2,10,14H2/t23-/m0/s1. The number of carbonyl (C=O) groups excluding carboxylic acids is 2. The largest absolute Gasteiger partial charge is 0.619 e. The van der Waals surface area contributed by atoms with Gasteiger partial charge in [0.25, 0.3) is 0 Å². The van der Waals surface area contributed by atoms with Gasteiger partial charge in [0, 0.05) is 17.5 Å². The summed E-state index contributed by atoms with van der Waals surface area (Å²) in [6.45, 7) is -2.73. The van der Waals surface area contributed by atoms with E-state index in [9.17, 15) is 23.6 Å². The molecule has 0 radical (unpaired) electrons. The molecule has 11 heteroatoms. The Morgan fingerprint density at radius 2 is 1.76 bits per heavy atom. The van der Waals surface area contributed by atoms with Gasteiger partial charge in [0.15, 0.2) is 23.9 Å². The van der Waals surface area contributed by atoms with Gasteiger partial charge in [0.05, 0.1) is 12.2 Å². The number of aldehydes is 1. The number of alkyl halides is 2. The molecule has 0 N–H and O–H groups in total. The second-order valence-electron chi connectivity index (χ2n) is 8.47. The van der Waals surface area contributed by atoms with Crippen LogP contribution in [0, 0.1) is 11.1 Å². The van der Waals surface area contributed by atoms with Crippen molar-refractivity contribution >= 4 is 35.5 Å². The molecule has 2 aromatic carbocycles. The molecule has 0 spiro atoms. The van der Waals surface area contributed by atoms with Gasteiger partial charge in [-0.15, -0.1) is 0 Å². The van der Waals surface area contributed by atoms with Crippen molar-refractivity contribution in [3.8, 4) is 11.5 Å². The summed E-state index contributed by atoms with van der Waals surface area (Å²) in [4.78, 5) is 23.9. The van der Waals surface area contributed by atoms with Gasteiger partial charge in [-0.05, 0) is 48.6 Å². The van der Waals surface area contributed by atoms with Crippen LogP contribution in [0.4, 0.5) is 8.78 Å². The molecule has 1 fully saturated rings. The average Bonchev–Trinajstić information content (AvgIpc) is 3.69. The molecule has 1 aliphatic carbocycles. The number of esters is 1. The van der Waals surface area contributed by atoms with Crippen molar-refractivity contribution in [2.45, 2.75) is 32.0 Å². The van der Waals surface area contributed by atoms with E-state index in [-0.39, 0.29) is 33.5 Å².